The average molecular weight is 305 g/mol. The number of nitrogens with zero attached hydrogens (tertiary/aromatic N) is 2. The summed E-state index contributed by atoms with van der Waals surface area (Å²) in [5, 5.41) is 0. The van der Waals surface area contributed by atoms with E-state index >= 15 is 0 Å². The van der Waals surface area contributed by atoms with Crippen LogP contribution in [-0.2, 0) is 6.54 Å². The first-order valence-corrected chi connectivity index (χ1v) is 5.77. The number of benzene rings is 1. The highest BCUT2D eigenvalue weighted by molar-refractivity contribution is 9.10. The van der Waals surface area contributed by atoms with Crippen molar-refractivity contribution in [1.29, 1.82) is 0 Å². The van der Waals surface area contributed by atoms with E-state index in [0.29, 0.717) is 21.3 Å². The minimum atomic E-state index is -2.79. The van der Waals surface area contributed by atoms with E-state index < -0.39 is 12.5 Å². The Bertz CT molecular complexity index is 548. The van der Waals surface area contributed by atoms with Gasteiger partial charge in [0, 0.05) is 6.92 Å². The molecule has 3 nitrogen and oxygen atoms in total. The molecule has 0 amide bonds. The van der Waals surface area contributed by atoms with Crippen molar-refractivity contribution in [2.75, 3.05) is 7.11 Å². The summed E-state index contributed by atoms with van der Waals surface area (Å²) < 4.78 is 33.4. The Morgan fingerprint density at radius 1 is 1.47 bits per heavy atom. The summed E-state index contributed by atoms with van der Waals surface area (Å²) in [6, 6.07) is 3.54. The number of ether oxygens (including phenoxy) is 1. The Hall–Kier alpha value is -1.17. The number of hydrogen-bond donors (Lipinski definition) is 0. The standard InChI is InChI=1S/C11H11BrF2N2O/c1-11(13,14)5-16-6-15-8-4-3-7(12)10(17-2)9(8)16/h3-4,6H,5H2,1-2H3. The van der Waals surface area contributed by atoms with Gasteiger partial charge in [-0.05, 0) is 28.1 Å². The summed E-state index contributed by atoms with van der Waals surface area (Å²) in [6.07, 6.45) is 1.40. The highest BCUT2D eigenvalue weighted by Crippen LogP contribution is 2.33. The zero-order valence-electron chi connectivity index (χ0n) is 9.38. The minimum absolute atomic E-state index is 0.420. The fourth-order valence-corrected chi connectivity index (χ4v) is 2.20. The van der Waals surface area contributed by atoms with E-state index in [4.69, 9.17) is 4.74 Å². The van der Waals surface area contributed by atoms with Gasteiger partial charge in [-0.3, -0.25) is 0 Å². The molecule has 92 valence electrons. The van der Waals surface area contributed by atoms with Crippen molar-refractivity contribution >= 4 is 27.0 Å². The summed E-state index contributed by atoms with van der Waals surface area (Å²) in [5.41, 5.74) is 1.21. The van der Waals surface area contributed by atoms with Gasteiger partial charge in [0.15, 0.2) is 5.75 Å². The van der Waals surface area contributed by atoms with Crippen LogP contribution in [0.15, 0.2) is 22.9 Å². The van der Waals surface area contributed by atoms with Crippen LogP contribution in [0, 0.1) is 0 Å². The van der Waals surface area contributed by atoms with Crippen molar-refractivity contribution < 1.29 is 13.5 Å². The van der Waals surface area contributed by atoms with Crippen LogP contribution in [0.3, 0.4) is 0 Å². The van der Waals surface area contributed by atoms with E-state index in [2.05, 4.69) is 20.9 Å². The molecule has 0 saturated carbocycles. The molecule has 0 N–H and O–H groups in total. The lowest BCUT2D eigenvalue weighted by molar-refractivity contribution is 0.00489. The first-order valence-electron chi connectivity index (χ1n) is 4.97. The molecule has 0 aliphatic carbocycles. The second kappa shape index (κ2) is 4.25. The Kier molecular flexibility index (Phi) is 3.07. The van der Waals surface area contributed by atoms with Crippen molar-refractivity contribution in [3.8, 4) is 5.75 Å². The fraction of sp³-hybridized carbons (Fsp3) is 0.364. The van der Waals surface area contributed by atoms with E-state index in [1.807, 2.05) is 0 Å². The molecule has 17 heavy (non-hydrogen) atoms. The summed E-state index contributed by atoms with van der Waals surface area (Å²) in [7, 11) is 1.50. The maximum atomic E-state index is 13.0. The van der Waals surface area contributed by atoms with Gasteiger partial charge in [-0.25, -0.2) is 13.8 Å². The number of aromatic nitrogens is 2. The lowest BCUT2D eigenvalue weighted by atomic mass is 10.3. The third-order valence-corrected chi connectivity index (χ3v) is 2.96. The molecule has 2 rings (SSSR count). The van der Waals surface area contributed by atoms with Gasteiger partial charge in [-0.1, -0.05) is 0 Å². The molecular formula is C11H11BrF2N2O. The highest BCUT2D eigenvalue weighted by Gasteiger charge is 2.24. The molecule has 1 aromatic heterocycles. The topological polar surface area (TPSA) is 27.1 Å². The van der Waals surface area contributed by atoms with Crippen LogP contribution in [-0.4, -0.2) is 22.6 Å². The first-order chi connectivity index (χ1) is 7.92. The lowest BCUT2D eigenvalue weighted by Crippen LogP contribution is -2.18. The number of imidazole rings is 1. The zero-order valence-corrected chi connectivity index (χ0v) is 11.0. The van der Waals surface area contributed by atoms with Gasteiger partial charge in [0.05, 0.1) is 30.0 Å². The van der Waals surface area contributed by atoms with E-state index in [-0.39, 0.29) is 0 Å². The Morgan fingerprint density at radius 2 is 2.18 bits per heavy atom. The number of alkyl halides is 2. The number of rotatable bonds is 3. The normalized spacial score (nSPS) is 12.1. The minimum Gasteiger partial charge on any atom is -0.493 e. The van der Waals surface area contributed by atoms with Gasteiger partial charge in [0.1, 0.15) is 5.52 Å². The van der Waals surface area contributed by atoms with Crippen LogP contribution in [0.2, 0.25) is 0 Å². The zero-order chi connectivity index (χ0) is 12.6. The fourth-order valence-electron chi connectivity index (χ4n) is 1.72. The Morgan fingerprint density at radius 3 is 2.76 bits per heavy atom. The third-order valence-electron chi connectivity index (χ3n) is 2.34. The molecule has 6 heteroatoms. The summed E-state index contributed by atoms with van der Waals surface area (Å²) in [5.74, 6) is -2.27. The van der Waals surface area contributed by atoms with Crippen molar-refractivity contribution in [2.45, 2.75) is 19.4 Å². The molecule has 0 aliphatic heterocycles. The van der Waals surface area contributed by atoms with Crippen LogP contribution < -0.4 is 4.74 Å². The molecule has 0 fully saturated rings. The molecule has 0 spiro atoms. The number of halogens is 3. The van der Waals surface area contributed by atoms with Gasteiger partial charge in [0.2, 0.25) is 0 Å². The highest BCUT2D eigenvalue weighted by atomic mass is 79.9. The van der Waals surface area contributed by atoms with Crippen molar-refractivity contribution in [2.24, 2.45) is 0 Å². The smallest absolute Gasteiger partial charge is 0.262 e. The van der Waals surface area contributed by atoms with Crippen LogP contribution in [0.25, 0.3) is 11.0 Å². The monoisotopic (exact) mass is 304 g/mol. The van der Waals surface area contributed by atoms with Gasteiger partial charge >= 0.3 is 0 Å². The Labute approximate surface area is 106 Å². The molecule has 0 saturated heterocycles. The van der Waals surface area contributed by atoms with E-state index in [9.17, 15) is 8.78 Å². The van der Waals surface area contributed by atoms with Gasteiger partial charge < -0.3 is 9.30 Å². The first kappa shape index (κ1) is 12.3. The van der Waals surface area contributed by atoms with Crippen molar-refractivity contribution in [1.82, 2.24) is 9.55 Å². The van der Waals surface area contributed by atoms with Crippen molar-refractivity contribution in [3.63, 3.8) is 0 Å². The lowest BCUT2D eigenvalue weighted by Gasteiger charge is -2.13. The van der Waals surface area contributed by atoms with Gasteiger partial charge in [-0.2, -0.15) is 0 Å². The van der Waals surface area contributed by atoms with Gasteiger partial charge in [-0.15, -0.1) is 0 Å². The predicted molar refractivity (Wildman–Crippen MR) is 64.6 cm³/mol. The molecular weight excluding hydrogens is 294 g/mol. The third kappa shape index (κ3) is 2.41. The predicted octanol–water partition coefficient (Wildman–Crippen LogP) is 3.46. The number of hydrogen-bond acceptors (Lipinski definition) is 2. The van der Waals surface area contributed by atoms with Crippen LogP contribution in [0.1, 0.15) is 6.92 Å². The molecule has 1 heterocycles. The molecule has 0 unspecified atom stereocenters. The van der Waals surface area contributed by atoms with Crippen LogP contribution >= 0.6 is 15.9 Å². The second-order valence-electron chi connectivity index (χ2n) is 3.89. The van der Waals surface area contributed by atoms with E-state index in [1.165, 1.54) is 18.0 Å². The van der Waals surface area contributed by atoms with E-state index in [1.54, 1.807) is 12.1 Å². The quantitative estimate of drug-likeness (QED) is 0.868. The number of methoxy groups -OCH3 is 1. The molecule has 1 aromatic carbocycles. The maximum absolute atomic E-state index is 13.0. The Balaban J connectivity index is 2.61. The SMILES string of the molecule is COc1c(Br)ccc2ncn(CC(C)(F)F)c12. The maximum Gasteiger partial charge on any atom is 0.262 e. The average Bonchev–Trinajstić information content (AvgIpc) is 2.59. The van der Waals surface area contributed by atoms with E-state index in [0.717, 1.165) is 6.92 Å². The number of fused-ring (bicyclic) bond motifs is 1. The van der Waals surface area contributed by atoms with Crippen LogP contribution in [0.4, 0.5) is 8.78 Å². The summed E-state index contributed by atoms with van der Waals surface area (Å²) in [6.45, 7) is 0.458. The molecule has 0 atom stereocenters. The summed E-state index contributed by atoms with van der Waals surface area (Å²) in [4.78, 5) is 4.08. The van der Waals surface area contributed by atoms with Crippen LogP contribution in [0.5, 0.6) is 5.75 Å². The molecule has 0 radical (unpaired) electrons. The molecule has 0 aliphatic rings. The van der Waals surface area contributed by atoms with Gasteiger partial charge in [0.25, 0.3) is 5.92 Å². The molecule has 0 bridgehead atoms. The molecule has 2 aromatic rings. The largest absolute Gasteiger partial charge is 0.493 e. The van der Waals surface area contributed by atoms with Crippen molar-refractivity contribution in [3.05, 3.63) is 22.9 Å². The second-order valence-corrected chi connectivity index (χ2v) is 4.75. The summed E-state index contributed by atoms with van der Waals surface area (Å²) >= 11 is 3.32.